The number of amides is 1. The minimum atomic E-state index is -3.06. The summed E-state index contributed by atoms with van der Waals surface area (Å²) in [6.45, 7) is 0. The summed E-state index contributed by atoms with van der Waals surface area (Å²) in [5.41, 5.74) is 0. The molecule has 2 heterocycles. The lowest BCUT2D eigenvalue weighted by Gasteiger charge is -2.22. The van der Waals surface area contributed by atoms with Crippen molar-refractivity contribution in [2.45, 2.75) is 18.9 Å². The lowest BCUT2D eigenvalue weighted by atomic mass is 10.2. The van der Waals surface area contributed by atoms with Crippen molar-refractivity contribution in [3.8, 4) is 0 Å². The first kappa shape index (κ1) is 15.7. The van der Waals surface area contributed by atoms with Crippen LogP contribution in [0.1, 0.15) is 27.4 Å². The molecular weight excluding hydrogens is 314 g/mol. The average Bonchev–Trinajstić information content (AvgIpc) is 2.84. The van der Waals surface area contributed by atoms with Gasteiger partial charge in [0.05, 0.1) is 16.4 Å². The Labute approximate surface area is 126 Å². The van der Waals surface area contributed by atoms with Gasteiger partial charge in [-0.25, -0.2) is 13.2 Å². The number of carbonyl (C=O) groups excluding carboxylic acids is 1. The summed E-state index contributed by atoms with van der Waals surface area (Å²) in [5.74, 6) is -1.21. The maximum Gasteiger partial charge on any atom is 0.328 e. The number of carboxylic acid groups (broad SMARTS) is 1. The van der Waals surface area contributed by atoms with Gasteiger partial charge < -0.3 is 10.4 Å². The van der Waals surface area contributed by atoms with Crippen molar-refractivity contribution in [1.29, 1.82) is 0 Å². The molecule has 0 aliphatic carbocycles. The molecule has 6 nitrogen and oxygen atoms in total. The molecule has 1 aromatic heterocycles. The molecule has 0 aromatic carbocycles. The van der Waals surface area contributed by atoms with E-state index < -0.39 is 15.8 Å². The average molecular weight is 329 g/mol. The Kier molecular flexibility index (Phi) is 4.79. The van der Waals surface area contributed by atoms with Crippen molar-refractivity contribution >= 4 is 39.1 Å². The van der Waals surface area contributed by atoms with Crippen molar-refractivity contribution in [2.75, 3.05) is 11.5 Å². The van der Waals surface area contributed by atoms with Gasteiger partial charge in [0.25, 0.3) is 5.91 Å². The molecule has 1 aliphatic rings. The van der Waals surface area contributed by atoms with E-state index in [4.69, 9.17) is 5.11 Å². The fourth-order valence-corrected chi connectivity index (χ4v) is 4.56. The molecule has 1 aromatic rings. The summed E-state index contributed by atoms with van der Waals surface area (Å²) >= 11 is 1.16. The summed E-state index contributed by atoms with van der Waals surface area (Å²) < 4.78 is 23.0. The van der Waals surface area contributed by atoms with Gasteiger partial charge in [-0.1, -0.05) is 0 Å². The van der Waals surface area contributed by atoms with E-state index in [2.05, 4.69) is 5.32 Å². The molecule has 2 rings (SSSR count). The molecule has 0 radical (unpaired) electrons. The third kappa shape index (κ3) is 4.68. The minimum Gasteiger partial charge on any atom is -0.478 e. The van der Waals surface area contributed by atoms with Crippen LogP contribution >= 0.6 is 11.3 Å². The second kappa shape index (κ2) is 6.40. The molecule has 1 fully saturated rings. The molecule has 114 valence electrons. The Bertz CT molecular complexity index is 674. The molecule has 1 aliphatic heterocycles. The van der Waals surface area contributed by atoms with Crippen LogP contribution in [0.5, 0.6) is 0 Å². The van der Waals surface area contributed by atoms with Gasteiger partial charge in [0.1, 0.15) is 0 Å². The molecule has 8 heteroatoms. The highest BCUT2D eigenvalue weighted by Gasteiger charge is 2.26. The van der Waals surface area contributed by atoms with Gasteiger partial charge in [-0.3, -0.25) is 4.79 Å². The number of hydrogen-bond acceptors (Lipinski definition) is 5. The Morgan fingerprint density at radius 2 is 2.14 bits per heavy atom. The SMILES string of the molecule is O=C(O)C=Cc1ccc(C(=O)NC2CCCS(=O)(=O)C2)s1. The molecule has 0 spiro atoms. The van der Waals surface area contributed by atoms with Crippen LogP contribution in [0.3, 0.4) is 0 Å². The Morgan fingerprint density at radius 1 is 1.38 bits per heavy atom. The summed E-state index contributed by atoms with van der Waals surface area (Å²) in [6.07, 6.45) is 3.63. The monoisotopic (exact) mass is 329 g/mol. The van der Waals surface area contributed by atoms with E-state index >= 15 is 0 Å². The van der Waals surface area contributed by atoms with E-state index in [-0.39, 0.29) is 23.5 Å². The molecule has 0 saturated carbocycles. The van der Waals surface area contributed by atoms with E-state index in [0.29, 0.717) is 22.6 Å². The van der Waals surface area contributed by atoms with Crippen molar-refractivity contribution < 1.29 is 23.1 Å². The third-order valence-electron chi connectivity index (χ3n) is 3.04. The van der Waals surface area contributed by atoms with Crippen LogP contribution in [0, 0.1) is 0 Å². The smallest absolute Gasteiger partial charge is 0.328 e. The number of thiophene rings is 1. The molecule has 1 atom stereocenters. The molecule has 2 N–H and O–H groups in total. The number of nitrogens with one attached hydrogen (secondary N) is 1. The van der Waals surface area contributed by atoms with Crippen LogP contribution in [0.25, 0.3) is 6.08 Å². The van der Waals surface area contributed by atoms with Crippen LogP contribution in [0.15, 0.2) is 18.2 Å². The van der Waals surface area contributed by atoms with Gasteiger partial charge in [-0.15, -0.1) is 11.3 Å². The number of sulfone groups is 1. The first-order chi connectivity index (χ1) is 9.85. The lowest BCUT2D eigenvalue weighted by molar-refractivity contribution is -0.131. The van der Waals surface area contributed by atoms with E-state index in [1.54, 1.807) is 12.1 Å². The zero-order valence-corrected chi connectivity index (χ0v) is 12.7. The van der Waals surface area contributed by atoms with Crippen molar-refractivity contribution in [2.24, 2.45) is 0 Å². The number of carboxylic acids is 1. The molecule has 1 unspecified atom stereocenters. The molecular formula is C13H15NO5S2. The summed E-state index contributed by atoms with van der Waals surface area (Å²) in [4.78, 5) is 23.5. The number of carbonyl (C=O) groups is 2. The highest BCUT2D eigenvalue weighted by Crippen LogP contribution is 2.19. The second-order valence-electron chi connectivity index (χ2n) is 4.80. The van der Waals surface area contributed by atoms with Gasteiger partial charge in [-0.2, -0.15) is 0 Å². The standard InChI is InChI=1S/C13H15NO5S2/c15-12(16)6-4-10-3-5-11(20-10)13(17)14-9-2-1-7-21(18,19)8-9/h3-6,9H,1-2,7-8H2,(H,14,17)(H,15,16). The van der Waals surface area contributed by atoms with Gasteiger partial charge in [0, 0.05) is 17.0 Å². The van der Waals surface area contributed by atoms with Gasteiger partial charge in [-0.05, 0) is 31.1 Å². The van der Waals surface area contributed by atoms with Crippen molar-refractivity contribution in [3.63, 3.8) is 0 Å². The number of aliphatic carboxylic acids is 1. The molecule has 0 bridgehead atoms. The van der Waals surface area contributed by atoms with Crippen LogP contribution in [0.4, 0.5) is 0 Å². The maximum absolute atomic E-state index is 12.0. The van der Waals surface area contributed by atoms with Crippen LogP contribution in [-0.4, -0.2) is 42.9 Å². The zero-order valence-electron chi connectivity index (χ0n) is 11.1. The first-order valence-corrected chi connectivity index (χ1v) is 9.02. The quantitative estimate of drug-likeness (QED) is 0.807. The Hall–Kier alpha value is -1.67. The third-order valence-corrected chi connectivity index (χ3v) is 5.91. The Morgan fingerprint density at radius 3 is 2.81 bits per heavy atom. The predicted octanol–water partition coefficient (Wildman–Crippen LogP) is 1.15. The van der Waals surface area contributed by atoms with Crippen LogP contribution in [-0.2, 0) is 14.6 Å². The first-order valence-electron chi connectivity index (χ1n) is 6.38. The normalized spacial score (nSPS) is 21.2. The summed E-state index contributed by atoms with van der Waals surface area (Å²) in [7, 11) is -3.06. The van der Waals surface area contributed by atoms with E-state index in [1.165, 1.54) is 6.08 Å². The van der Waals surface area contributed by atoms with Gasteiger partial charge in [0.2, 0.25) is 0 Å². The summed E-state index contributed by atoms with van der Waals surface area (Å²) in [6, 6.07) is 2.89. The van der Waals surface area contributed by atoms with Gasteiger partial charge >= 0.3 is 5.97 Å². The fraction of sp³-hybridized carbons (Fsp3) is 0.385. The predicted molar refractivity (Wildman–Crippen MR) is 80.1 cm³/mol. The summed E-state index contributed by atoms with van der Waals surface area (Å²) in [5, 5.41) is 11.3. The number of rotatable bonds is 4. The lowest BCUT2D eigenvalue weighted by Crippen LogP contribution is -2.42. The minimum absolute atomic E-state index is 0.0180. The highest BCUT2D eigenvalue weighted by atomic mass is 32.2. The topological polar surface area (TPSA) is 101 Å². The molecule has 21 heavy (non-hydrogen) atoms. The maximum atomic E-state index is 12.0. The molecule has 1 saturated heterocycles. The van der Waals surface area contributed by atoms with Crippen LogP contribution in [0.2, 0.25) is 0 Å². The zero-order chi connectivity index (χ0) is 15.5. The highest BCUT2D eigenvalue weighted by molar-refractivity contribution is 7.91. The molecule has 1 amide bonds. The van der Waals surface area contributed by atoms with E-state index in [9.17, 15) is 18.0 Å². The van der Waals surface area contributed by atoms with Crippen LogP contribution < -0.4 is 5.32 Å². The second-order valence-corrected chi connectivity index (χ2v) is 8.14. The fourth-order valence-electron chi connectivity index (χ4n) is 2.11. The number of hydrogen-bond donors (Lipinski definition) is 2. The largest absolute Gasteiger partial charge is 0.478 e. The van der Waals surface area contributed by atoms with Crippen molar-refractivity contribution in [1.82, 2.24) is 5.32 Å². The van der Waals surface area contributed by atoms with E-state index in [0.717, 1.165) is 17.4 Å². The van der Waals surface area contributed by atoms with Crippen molar-refractivity contribution in [3.05, 3.63) is 28.0 Å². The van der Waals surface area contributed by atoms with Gasteiger partial charge in [0.15, 0.2) is 9.84 Å². The van der Waals surface area contributed by atoms with E-state index in [1.807, 2.05) is 0 Å². The Balaban J connectivity index is 1.99.